The molecule has 0 saturated carbocycles. The molecular formula is C23H24F2N2O2S2. The molecule has 2 heterocycles. The monoisotopic (exact) mass is 462 g/mol. The van der Waals surface area contributed by atoms with E-state index in [0.717, 1.165) is 29.4 Å². The van der Waals surface area contributed by atoms with E-state index in [0.29, 0.717) is 32.0 Å². The summed E-state index contributed by atoms with van der Waals surface area (Å²) < 4.78 is 52.8. The summed E-state index contributed by atoms with van der Waals surface area (Å²) in [6.45, 7) is 5.23. The first-order chi connectivity index (χ1) is 14.7. The molecule has 2 aromatic carbocycles. The van der Waals surface area contributed by atoms with Crippen molar-refractivity contribution in [1.82, 2.24) is 4.98 Å². The Morgan fingerprint density at radius 1 is 1.06 bits per heavy atom. The maximum atomic E-state index is 14.0. The van der Waals surface area contributed by atoms with E-state index < -0.39 is 31.6 Å². The molecule has 0 spiro atoms. The van der Waals surface area contributed by atoms with E-state index in [1.165, 1.54) is 16.7 Å². The smallest absolute Gasteiger partial charge is 0.185 e. The van der Waals surface area contributed by atoms with Crippen LogP contribution in [0.1, 0.15) is 35.2 Å². The lowest BCUT2D eigenvalue weighted by atomic mass is 10.0. The molecule has 1 aromatic heterocycles. The molecule has 1 saturated heterocycles. The highest BCUT2D eigenvalue weighted by molar-refractivity contribution is 7.92. The number of rotatable bonds is 5. The Hall–Kier alpha value is -2.32. The molecule has 0 unspecified atom stereocenters. The number of hydrogen-bond donors (Lipinski definition) is 0. The van der Waals surface area contributed by atoms with Crippen LogP contribution >= 0.6 is 11.3 Å². The van der Waals surface area contributed by atoms with Crippen LogP contribution in [0.3, 0.4) is 0 Å². The molecule has 1 aliphatic heterocycles. The summed E-state index contributed by atoms with van der Waals surface area (Å²) in [4.78, 5) is 6.42. The average molecular weight is 463 g/mol. The van der Waals surface area contributed by atoms with Gasteiger partial charge in [-0.15, -0.1) is 11.3 Å². The van der Waals surface area contributed by atoms with Crippen molar-refractivity contribution in [3.8, 4) is 0 Å². The number of nitrogens with zero attached hydrogens (tertiary/aromatic N) is 2. The van der Waals surface area contributed by atoms with E-state index in [1.54, 1.807) is 11.3 Å². The number of thiazole rings is 1. The SMILES string of the molecule is Cc1cc(C)cc(Cc2csc(N3CCC(S(=O)(=O)c4ccc(F)cc4F)CC3)n2)c1. The maximum Gasteiger partial charge on any atom is 0.185 e. The highest BCUT2D eigenvalue weighted by Gasteiger charge is 2.34. The van der Waals surface area contributed by atoms with Crippen LogP contribution in [0.25, 0.3) is 0 Å². The largest absolute Gasteiger partial charge is 0.348 e. The minimum atomic E-state index is -3.84. The normalized spacial score (nSPS) is 15.4. The third kappa shape index (κ3) is 4.80. The van der Waals surface area contributed by atoms with Gasteiger partial charge < -0.3 is 4.90 Å². The molecule has 3 aromatic rings. The van der Waals surface area contributed by atoms with E-state index in [9.17, 15) is 17.2 Å². The molecule has 1 fully saturated rings. The van der Waals surface area contributed by atoms with Crippen LogP contribution in [-0.4, -0.2) is 31.7 Å². The Balaban J connectivity index is 1.42. The van der Waals surface area contributed by atoms with E-state index in [4.69, 9.17) is 4.98 Å². The highest BCUT2D eigenvalue weighted by Crippen LogP contribution is 2.30. The average Bonchev–Trinajstić information content (AvgIpc) is 3.15. The van der Waals surface area contributed by atoms with Gasteiger partial charge in [0.15, 0.2) is 15.0 Å². The van der Waals surface area contributed by atoms with Crippen LogP contribution in [0, 0.1) is 25.5 Å². The molecule has 0 aliphatic carbocycles. The lowest BCUT2D eigenvalue weighted by molar-refractivity contribution is 0.516. The fraction of sp³-hybridized carbons (Fsp3) is 0.348. The van der Waals surface area contributed by atoms with Gasteiger partial charge in [-0.1, -0.05) is 29.3 Å². The Labute approximate surface area is 185 Å². The fourth-order valence-electron chi connectivity index (χ4n) is 4.15. The zero-order chi connectivity index (χ0) is 22.2. The van der Waals surface area contributed by atoms with Crippen molar-refractivity contribution in [3.63, 3.8) is 0 Å². The van der Waals surface area contributed by atoms with Crippen LogP contribution < -0.4 is 4.90 Å². The van der Waals surface area contributed by atoms with Crippen LogP contribution in [0.2, 0.25) is 0 Å². The van der Waals surface area contributed by atoms with Gasteiger partial charge in [-0.3, -0.25) is 0 Å². The van der Waals surface area contributed by atoms with E-state index in [-0.39, 0.29) is 0 Å². The van der Waals surface area contributed by atoms with Crippen LogP contribution in [0.15, 0.2) is 46.7 Å². The Kier molecular flexibility index (Phi) is 6.12. The maximum absolute atomic E-state index is 14.0. The number of aryl methyl sites for hydroxylation is 2. The fourth-order valence-corrected chi connectivity index (χ4v) is 6.80. The molecule has 0 bridgehead atoms. The van der Waals surface area contributed by atoms with Crippen molar-refractivity contribution >= 4 is 26.3 Å². The summed E-state index contributed by atoms with van der Waals surface area (Å²) in [5, 5.41) is 2.24. The Morgan fingerprint density at radius 2 is 1.74 bits per heavy atom. The van der Waals surface area contributed by atoms with Gasteiger partial charge in [0.1, 0.15) is 16.5 Å². The van der Waals surface area contributed by atoms with Gasteiger partial charge in [-0.25, -0.2) is 22.2 Å². The van der Waals surface area contributed by atoms with E-state index in [2.05, 4.69) is 36.9 Å². The summed E-state index contributed by atoms with van der Waals surface area (Å²) in [6, 6.07) is 9.10. The van der Waals surface area contributed by atoms with Crippen LogP contribution in [0.4, 0.5) is 13.9 Å². The summed E-state index contributed by atoms with van der Waals surface area (Å²) >= 11 is 1.56. The number of halogens is 2. The first-order valence-corrected chi connectivity index (χ1v) is 12.6. The van der Waals surface area contributed by atoms with Crippen molar-refractivity contribution in [2.24, 2.45) is 0 Å². The molecule has 0 radical (unpaired) electrons. The molecule has 4 rings (SSSR count). The van der Waals surface area contributed by atoms with Gasteiger partial charge in [0, 0.05) is 31.0 Å². The van der Waals surface area contributed by atoms with Gasteiger partial charge in [0.05, 0.1) is 10.9 Å². The van der Waals surface area contributed by atoms with E-state index >= 15 is 0 Å². The second kappa shape index (κ2) is 8.67. The number of hydrogen-bond acceptors (Lipinski definition) is 5. The zero-order valence-electron chi connectivity index (χ0n) is 17.4. The van der Waals surface area contributed by atoms with Gasteiger partial charge >= 0.3 is 0 Å². The van der Waals surface area contributed by atoms with Crippen molar-refractivity contribution in [2.45, 2.75) is 43.3 Å². The number of benzene rings is 2. The molecule has 8 heteroatoms. The van der Waals surface area contributed by atoms with Crippen LogP contribution in [-0.2, 0) is 16.3 Å². The zero-order valence-corrected chi connectivity index (χ0v) is 19.1. The van der Waals surface area contributed by atoms with Crippen LogP contribution in [0.5, 0.6) is 0 Å². The second-order valence-electron chi connectivity index (χ2n) is 8.10. The third-order valence-corrected chi connectivity index (χ3v) is 8.80. The third-order valence-electron chi connectivity index (χ3n) is 5.56. The first kappa shape index (κ1) is 21.9. The summed E-state index contributed by atoms with van der Waals surface area (Å²) in [5.41, 5.74) is 4.67. The predicted molar refractivity (Wildman–Crippen MR) is 120 cm³/mol. The molecule has 164 valence electrons. The first-order valence-electron chi connectivity index (χ1n) is 10.2. The van der Waals surface area contributed by atoms with Gasteiger partial charge in [-0.2, -0.15) is 0 Å². The summed E-state index contributed by atoms with van der Waals surface area (Å²) in [7, 11) is -3.84. The van der Waals surface area contributed by atoms with Crippen molar-refractivity contribution < 1.29 is 17.2 Å². The Morgan fingerprint density at radius 3 is 2.39 bits per heavy atom. The van der Waals surface area contributed by atoms with Gasteiger partial charge in [-0.05, 0) is 44.4 Å². The molecule has 31 heavy (non-hydrogen) atoms. The number of aromatic nitrogens is 1. The molecule has 4 nitrogen and oxygen atoms in total. The minimum absolute atomic E-state index is 0.380. The molecule has 0 amide bonds. The molecular weight excluding hydrogens is 438 g/mol. The minimum Gasteiger partial charge on any atom is -0.348 e. The number of sulfone groups is 1. The lowest BCUT2D eigenvalue weighted by Crippen LogP contribution is -2.39. The van der Waals surface area contributed by atoms with Crippen molar-refractivity contribution in [1.29, 1.82) is 0 Å². The molecule has 0 N–H and O–H groups in total. The quantitative estimate of drug-likeness (QED) is 0.497. The second-order valence-corrected chi connectivity index (χ2v) is 11.1. The van der Waals surface area contributed by atoms with Gasteiger partial charge in [0.2, 0.25) is 0 Å². The van der Waals surface area contributed by atoms with E-state index in [1.807, 2.05) is 5.38 Å². The lowest BCUT2D eigenvalue weighted by Gasteiger charge is -2.31. The van der Waals surface area contributed by atoms with Crippen molar-refractivity contribution in [3.05, 3.63) is 75.8 Å². The Bertz CT molecular complexity index is 1180. The predicted octanol–water partition coefficient (Wildman–Crippen LogP) is 5.07. The standard InChI is InChI=1S/C23H24F2N2O2S2/c1-15-9-16(2)11-17(10-15)12-19-14-30-23(26-19)27-7-5-20(6-8-27)31(28,29)22-4-3-18(24)13-21(22)25/h3-4,9-11,13-14,20H,5-8,12H2,1-2H3. The highest BCUT2D eigenvalue weighted by atomic mass is 32.2. The molecule has 1 aliphatic rings. The summed E-state index contributed by atoms with van der Waals surface area (Å²) in [5.74, 6) is -1.81. The molecule has 0 atom stereocenters. The number of anilines is 1. The van der Waals surface area contributed by atoms with Crippen molar-refractivity contribution in [2.75, 3.05) is 18.0 Å². The number of piperidine rings is 1. The topological polar surface area (TPSA) is 50.3 Å². The van der Waals surface area contributed by atoms with Gasteiger partial charge in [0.25, 0.3) is 0 Å². The summed E-state index contributed by atoms with van der Waals surface area (Å²) in [6.07, 6.45) is 1.52.